The molecular formula is C70H112O6. The van der Waals surface area contributed by atoms with Gasteiger partial charge in [0.15, 0.2) is 6.10 Å². The first-order valence-corrected chi connectivity index (χ1v) is 30.8. The Morgan fingerprint density at radius 2 is 0.526 bits per heavy atom. The first kappa shape index (κ1) is 71.3. The van der Waals surface area contributed by atoms with Gasteiger partial charge in [-0.25, -0.2) is 0 Å². The summed E-state index contributed by atoms with van der Waals surface area (Å²) < 4.78 is 16.8. The third-order valence-corrected chi connectivity index (χ3v) is 12.6. The molecule has 0 aliphatic rings. The quantitative estimate of drug-likeness (QED) is 0.0261. The highest BCUT2D eigenvalue weighted by molar-refractivity contribution is 5.71. The van der Waals surface area contributed by atoms with Gasteiger partial charge in [0.25, 0.3) is 0 Å². The number of allylic oxidation sites excluding steroid dienone is 24. The highest BCUT2D eigenvalue weighted by atomic mass is 16.6. The van der Waals surface area contributed by atoms with Crippen molar-refractivity contribution in [2.45, 2.75) is 264 Å². The first-order chi connectivity index (χ1) is 37.5. The standard InChI is InChI=1S/C70H112O6/c1-4-7-10-13-16-19-21-23-25-27-29-31-33-34-35-36-38-39-41-43-45-47-49-51-54-57-60-63-69(72)75-66-67(65-74-68(71)62-59-56-53-18-15-12-9-6-3)76-70(73)64-61-58-55-52-50-48-46-44-42-40-37-32-30-28-26-24-22-20-17-14-11-8-5-2/h7-8,10-11,16-17,19-20,23-26,29-32,34-35,40,42,46,48,52,55,67H,4-6,9,12-15,18,21-22,27-28,33,36-39,41,43-45,47,49-51,53-54,56-66H2,1-3H3/b10-7-,11-8-,19-16-,20-17-,25-23-,26-24-,31-29-,32-30-,35-34-,42-40-,48-46-,55-52-. The highest BCUT2D eigenvalue weighted by Crippen LogP contribution is 2.15. The lowest BCUT2D eigenvalue weighted by Gasteiger charge is -2.18. The Morgan fingerprint density at radius 3 is 0.842 bits per heavy atom. The average molecular weight is 1050 g/mol. The van der Waals surface area contributed by atoms with Gasteiger partial charge in [0, 0.05) is 19.3 Å². The van der Waals surface area contributed by atoms with Crippen LogP contribution in [-0.2, 0) is 28.6 Å². The lowest BCUT2D eigenvalue weighted by atomic mass is 10.0. The predicted octanol–water partition coefficient (Wildman–Crippen LogP) is 21.2. The summed E-state index contributed by atoms with van der Waals surface area (Å²) in [6.45, 7) is 6.33. The highest BCUT2D eigenvalue weighted by Gasteiger charge is 2.19. The third-order valence-electron chi connectivity index (χ3n) is 12.6. The van der Waals surface area contributed by atoms with Crippen molar-refractivity contribution >= 4 is 17.9 Å². The van der Waals surface area contributed by atoms with Gasteiger partial charge in [0.1, 0.15) is 13.2 Å². The molecule has 0 saturated heterocycles. The van der Waals surface area contributed by atoms with Gasteiger partial charge in [-0.15, -0.1) is 0 Å². The second-order valence-electron chi connectivity index (χ2n) is 19.9. The van der Waals surface area contributed by atoms with E-state index in [1.165, 1.54) is 89.9 Å². The zero-order chi connectivity index (χ0) is 55.0. The van der Waals surface area contributed by atoms with E-state index in [1.807, 2.05) is 0 Å². The lowest BCUT2D eigenvalue weighted by molar-refractivity contribution is -0.167. The molecule has 0 aromatic rings. The Morgan fingerprint density at radius 1 is 0.276 bits per heavy atom. The molecule has 0 bridgehead atoms. The molecule has 0 amide bonds. The van der Waals surface area contributed by atoms with E-state index in [1.54, 1.807) is 0 Å². The van der Waals surface area contributed by atoms with Crippen molar-refractivity contribution in [1.29, 1.82) is 0 Å². The van der Waals surface area contributed by atoms with Gasteiger partial charge < -0.3 is 14.2 Å². The Kier molecular flexibility index (Phi) is 58.9. The van der Waals surface area contributed by atoms with Crippen LogP contribution in [0.15, 0.2) is 146 Å². The number of carbonyl (C=O) groups excluding carboxylic acids is 3. The number of hydrogen-bond donors (Lipinski definition) is 0. The van der Waals surface area contributed by atoms with Crippen molar-refractivity contribution in [1.82, 2.24) is 0 Å². The van der Waals surface area contributed by atoms with Crippen LogP contribution >= 0.6 is 0 Å². The van der Waals surface area contributed by atoms with Gasteiger partial charge in [-0.2, -0.15) is 0 Å². The minimum atomic E-state index is -0.813. The van der Waals surface area contributed by atoms with Crippen molar-refractivity contribution in [3.05, 3.63) is 146 Å². The van der Waals surface area contributed by atoms with Gasteiger partial charge in [-0.05, 0) is 116 Å². The molecule has 6 heteroatoms. The van der Waals surface area contributed by atoms with Crippen LogP contribution in [0.4, 0.5) is 0 Å². The van der Waals surface area contributed by atoms with E-state index in [-0.39, 0.29) is 37.5 Å². The van der Waals surface area contributed by atoms with E-state index in [0.717, 1.165) is 122 Å². The number of carbonyl (C=O) groups is 3. The molecule has 0 N–H and O–H groups in total. The normalized spacial score (nSPS) is 13.1. The van der Waals surface area contributed by atoms with E-state index < -0.39 is 6.10 Å². The van der Waals surface area contributed by atoms with Crippen LogP contribution in [0.1, 0.15) is 258 Å². The van der Waals surface area contributed by atoms with E-state index in [4.69, 9.17) is 14.2 Å². The molecule has 0 aliphatic heterocycles. The van der Waals surface area contributed by atoms with Crippen molar-refractivity contribution in [3.8, 4) is 0 Å². The summed E-state index contributed by atoms with van der Waals surface area (Å²) in [5.41, 5.74) is 0. The summed E-state index contributed by atoms with van der Waals surface area (Å²) in [5, 5.41) is 0. The summed E-state index contributed by atoms with van der Waals surface area (Å²) >= 11 is 0. The molecular weight excluding hydrogens is 937 g/mol. The van der Waals surface area contributed by atoms with Crippen LogP contribution in [0.3, 0.4) is 0 Å². The van der Waals surface area contributed by atoms with E-state index >= 15 is 0 Å². The second kappa shape index (κ2) is 62.8. The summed E-state index contributed by atoms with van der Waals surface area (Å²) in [7, 11) is 0. The fraction of sp³-hybridized carbons (Fsp3) is 0.614. The zero-order valence-corrected chi connectivity index (χ0v) is 49.0. The third kappa shape index (κ3) is 60.2. The lowest BCUT2D eigenvalue weighted by Crippen LogP contribution is -2.30. The molecule has 0 spiro atoms. The molecule has 0 saturated carbocycles. The first-order valence-electron chi connectivity index (χ1n) is 30.8. The molecule has 0 radical (unpaired) electrons. The SMILES string of the molecule is CC/C=C\C/C=C\C/C=C\C/C=C\C/C=C\C/C=C\C/C=C\CCCC(=O)OC(COC(=O)CCCCCCCCCC)COC(=O)CCCCCCCCCCCCC/C=C\C/C=C\C/C=C\C/C=C\C/C=C\CC. The van der Waals surface area contributed by atoms with Gasteiger partial charge in [-0.1, -0.05) is 269 Å². The number of esters is 3. The predicted molar refractivity (Wildman–Crippen MR) is 329 cm³/mol. The van der Waals surface area contributed by atoms with Crippen molar-refractivity contribution in [2.75, 3.05) is 13.2 Å². The Bertz CT molecular complexity index is 1680. The maximum absolute atomic E-state index is 12.8. The minimum Gasteiger partial charge on any atom is -0.462 e. The maximum atomic E-state index is 12.8. The van der Waals surface area contributed by atoms with Crippen molar-refractivity contribution in [2.24, 2.45) is 0 Å². The number of hydrogen-bond acceptors (Lipinski definition) is 6. The summed E-state index contributed by atoms with van der Waals surface area (Å²) in [4.78, 5) is 38.1. The maximum Gasteiger partial charge on any atom is 0.306 e. The summed E-state index contributed by atoms with van der Waals surface area (Å²) in [6.07, 6.45) is 90.1. The van der Waals surface area contributed by atoms with E-state index in [9.17, 15) is 14.4 Å². The van der Waals surface area contributed by atoms with Crippen LogP contribution in [-0.4, -0.2) is 37.2 Å². The monoisotopic (exact) mass is 1050 g/mol. The fourth-order valence-corrected chi connectivity index (χ4v) is 8.05. The summed E-state index contributed by atoms with van der Waals surface area (Å²) in [5.74, 6) is -0.976. The minimum absolute atomic E-state index is 0.105. The van der Waals surface area contributed by atoms with Crippen LogP contribution < -0.4 is 0 Å². The van der Waals surface area contributed by atoms with Crippen LogP contribution in [0.25, 0.3) is 0 Å². The molecule has 428 valence electrons. The van der Waals surface area contributed by atoms with Crippen LogP contribution in [0.2, 0.25) is 0 Å². The molecule has 76 heavy (non-hydrogen) atoms. The second-order valence-corrected chi connectivity index (χ2v) is 19.9. The van der Waals surface area contributed by atoms with E-state index in [2.05, 4.69) is 167 Å². The van der Waals surface area contributed by atoms with E-state index in [0.29, 0.717) is 19.3 Å². The average Bonchev–Trinajstić information content (AvgIpc) is 3.42. The largest absolute Gasteiger partial charge is 0.462 e. The van der Waals surface area contributed by atoms with Gasteiger partial charge in [0.2, 0.25) is 0 Å². The number of ether oxygens (including phenoxy) is 3. The molecule has 0 fully saturated rings. The van der Waals surface area contributed by atoms with Gasteiger partial charge >= 0.3 is 17.9 Å². The van der Waals surface area contributed by atoms with Crippen LogP contribution in [0.5, 0.6) is 0 Å². The zero-order valence-electron chi connectivity index (χ0n) is 49.0. The van der Waals surface area contributed by atoms with Crippen molar-refractivity contribution in [3.63, 3.8) is 0 Å². The van der Waals surface area contributed by atoms with Crippen LogP contribution in [0, 0.1) is 0 Å². The topological polar surface area (TPSA) is 78.9 Å². The Hall–Kier alpha value is -4.71. The van der Waals surface area contributed by atoms with Gasteiger partial charge in [-0.3, -0.25) is 14.4 Å². The number of rotatable bonds is 54. The Balaban J connectivity index is 4.31. The smallest absolute Gasteiger partial charge is 0.306 e. The molecule has 1 atom stereocenters. The fourth-order valence-electron chi connectivity index (χ4n) is 8.05. The molecule has 6 nitrogen and oxygen atoms in total. The summed E-state index contributed by atoms with van der Waals surface area (Å²) in [6, 6.07) is 0. The molecule has 0 aromatic carbocycles. The van der Waals surface area contributed by atoms with Gasteiger partial charge in [0.05, 0.1) is 0 Å². The van der Waals surface area contributed by atoms with Crippen molar-refractivity contribution < 1.29 is 28.6 Å². The molecule has 0 heterocycles. The number of unbranched alkanes of at least 4 members (excludes halogenated alkanes) is 19. The molecule has 0 rings (SSSR count). The Labute approximate surface area is 467 Å². The molecule has 0 aliphatic carbocycles. The molecule has 1 unspecified atom stereocenters. The molecule has 0 aromatic heterocycles.